The maximum Gasteiger partial charge on any atom is 0.255 e. The summed E-state index contributed by atoms with van der Waals surface area (Å²) in [4.78, 5) is 12.4. The number of methoxy groups -OCH3 is 4. The Hall–Kier alpha value is -2.89. The van der Waals surface area contributed by atoms with E-state index in [0.717, 1.165) is 0 Å². The Balaban J connectivity index is 2.22. The molecule has 0 heterocycles. The Labute approximate surface area is 134 Å². The molecule has 0 atom stereocenters. The van der Waals surface area contributed by atoms with Gasteiger partial charge in [0, 0.05) is 17.3 Å². The van der Waals surface area contributed by atoms with E-state index in [1.54, 1.807) is 50.6 Å². The second-order valence-corrected chi connectivity index (χ2v) is 4.59. The van der Waals surface area contributed by atoms with E-state index in [4.69, 9.17) is 18.9 Å². The quantitative estimate of drug-likeness (QED) is 0.887. The lowest BCUT2D eigenvalue weighted by Crippen LogP contribution is -2.12. The molecule has 0 radical (unpaired) electrons. The minimum Gasteiger partial charge on any atom is -0.493 e. The average molecular weight is 317 g/mol. The fraction of sp³-hybridized carbons (Fsp3) is 0.235. The highest BCUT2D eigenvalue weighted by atomic mass is 16.5. The zero-order chi connectivity index (χ0) is 16.8. The normalized spacial score (nSPS) is 9.91. The number of hydrogen-bond acceptors (Lipinski definition) is 5. The zero-order valence-corrected chi connectivity index (χ0v) is 13.5. The summed E-state index contributed by atoms with van der Waals surface area (Å²) in [6.45, 7) is 0. The van der Waals surface area contributed by atoms with Crippen molar-refractivity contribution in [3.63, 3.8) is 0 Å². The van der Waals surface area contributed by atoms with E-state index in [-0.39, 0.29) is 5.91 Å². The maximum absolute atomic E-state index is 12.4. The van der Waals surface area contributed by atoms with Gasteiger partial charge < -0.3 is 24.3 Å². The number of rotatable bonds is 6. The summed E-state index contributed by atoms with van der Waals surface area (Å²) in [6, 6.07) is 10.1. The third-order valence-electron chi connectivity index (χ3n) is 3.29. The van der Waals surface area contributed by atoms with Crippen molar-refractivity contribution >= 4 is 11.6 Å². The van der Waals surface area contributed by atoms with Crippen molar-refractivity contribution in [3.8, 4) is 23.0 Å². The smallest absolute Gasteiger partial charge is 0.255 e. The van der Waals surface area contributed by atoms with E-state index in [2.05, 4.69) is 5.32 Å². The number of anilines is 1. The summed E-state index contributed by atoms with van der Waals surface area (Å²) in [5.41, 5.74) is 1.06. The van der Waals surface area contributed by atoms with Crippen LogP contribution in [0.4, 0.5) is 5.69 Å². The van der Waals surface area contributed by atoms with Crippen LogP contribution in [0, 0.1) is 0 Å². The van der Waals surface area contributed by atoms with E-state index >= 15 is 0 Å². The van der Waals surface area contributed by atoms with Crippen LogP contribution in [-0.2, 0) is 0 Å². The highest BCUT2D eigenvalue weighted by Gasteiger charge is 2.12. The number of nitrogens with one attached hydrogen (secondary N) is 1. The van der Waals surface area contributed by atoms with Crippen molar-refractivity contribution < 1.29 is 23.7 Å². The highest BCUT2D eigenvalue weighted by Crippen LogP contribution is 2.31. The molecule has 0 saturated carbocycles. The molecular weight excluding hydrogens is 298 g/mol. The molecule has 6 heteroatoms. The standard InChI is InChI=1S/C17H19NO5/c1-20-13-7-5-11(9-15(13)22-3)17(19)18-12-6-8-14(21-2)16(10-12)23-4/h5-10H,1-4H3,(H,18,19). The molecule has 1 amide bonds. The van der Waals surface area contributed by atoms with Crippen molar-refractivity contribution in [2.24, 2.45) is 0 Å². The van der Waals surface area contributed by atoms with Crippen LogP contribution < -0.4 is 24.3 Å². The third-order valence-corrected chi connectivity index (χ3v) is 3.29. The van der Waals surface area contributed by atoms with E-state index in [9.17, 15) is 4.79 Å². The predicted molar refractivity (Wildman–Crippen MR) is 87.0 cm³/mol. The monoisotopic (exact) mass is 317 g/mol. The molecular formula is C17H19NO5. The fourth-order valence-electron chi connectivity index (χ4n) is 2.09. The van der Waals surface area contributed by atoms with Gasteiger partial charge in [0.15, 0.2) is 23.0 Å². The first-order valence-electron chi connectivity index (χ1n) is 6.88. The van der Waals surface area contributed by atoms with Gasteiger partial charge in [-0.2, -0.15) is 0 Å². The van der Waals surface area contributed by atoms with Gasteiger partial charge in [0.2, 0.25) is 0 Å². The topological polar surface area (TPSA) is 66.0 Å². The van der Waals surface area contributed by atoms with Gasteiger partial charge in [-0.25, -0.2) is 0 Å². The van der Waals surface area contributed by atoms with E-state index in [1.165, 1.54) is 14.2 Å². The number of ether oxygens (including phenoxy) is 4. The van der Waals surface area contributed by atoms with Crippen LogP contribution in [-0.4, -0.2) is 34.3 Å². The molecule has 6 nitrogen and oxygen atoms in total. The second-order valence-electron chi connectivity index (χ2n) is 4.59. The zero-order valence-electron chi connectivity index (χ0n) is 13.5. The SMILES string of the molecule is COc1ccc(NC(=O)c2ccc(OC)c(OC)c2)cc1OC. The maximum atomic E-state index is 12.4. The Bertz CT molecular complexity index is 699. The summed E-state index contributed by atoms with van der Waals surface area (Å²) < 4.78 is 20.7. The number of carbonyl (C=O) groups is 1. The first-order chi connectivity index (χ1) is 11.1. The molecule has 0 spiro atoms. The molecule has 0 aromatic heterocycles. The van der Waals surface area contributed by atoms with Crippen LogP contribution in [0.15, 0.2) is 36.4 Å². The molecule has 0 unspecified atom stereocenters. The second kappa shape index (κ2) is 7.40. The van der Waals surface area contributed by atoms with E-state index in [0.29, 0.717) is 34.2 Å². The lowest BCUT2D eigenvalue weighted by molar-refractivity contribution is 0.102. The summed E-state index contributed by atoms with van der Waals surface area (Å²) in [5.74, 6) is 1.93. The van der Waals surface area contributed by atoms with Gasteiger partial charge in [-0.1, -0.05) is 0 Å². The third kappa shape index (κ3) is 3.66. The number of carbonyl (C=O) groups excluding carboxylic acids is 1. The molecule has 2 aromatic rings. The van der Waals surface area contributed by atoms with E-state index < -0.39 is 0 Å². The van der Waals surface area contributed by atoms with Crippen molar-refractivity contribution in [1.29, 1.82) is 0 Å². The van der Waals surface area contributed by atoms with Gasteiger partial charge in [-0.15, -0.1) is 0 Å². The summed E-state index contributed by atoms with van der Waals surface area (Å²) in [5, 5.41) is 2.80. The van der Waals surface area contributed by atoms with Crippen LogP contribution in [0.25, 0.3) is 0 Å². The Kier molecular flexibility index (Phi) is 5.30. The number of benzene rings is 2. The molecule has 23 heavy (non-hydrogen) atoms. The summed E-state index contributed by atoms with van der Waals surface area (Å²) in [7, 11) is 6.16. The highest BCUT2D eigenvalue weighted by molar-refractivity contribution is 6.04. The van der Waals surface area contributed by atoms with Crippen molar-refractivity contribution in [1.82, 2.24) is 0 Å². The molecule has 0 aliphatic heterocycles. The molecule has 0 saturated heterocycles. The van der Waals surface area contributed by atoms with Gasteiger partial charge in [0.25, 0.3) is 5.91 Å². The Morgan fingerprint density at radius 3 is 1.83 bits per heavy atom. The lowest BCUT2D eigenvalue weighted by Gasteiger charge is -2.12. The van der Waals surface area contributed by atoms with Gasteiger partial charge >= 0.3 is 0 Å². The molecule has 1 N–H and O–H groups in total. The summed E-state index contributed by atoms with van der Waals surface area (Å²) >= 11 is 0. The van der Waals surface area contributed by atoms with Gasteiger partial charge in [0.1, 0.15) is 0 Å². The first-order valence-corrected chi connectivity index (χ1v) is 6.88. The van der Waals surface area contributed by atoms with E-state index in [1.807, 2.05) is 0 Å². The van der Waals surface area contributed by atoms with Gasteiger partial charge in [0.05, 0.1) is 28.4 Å². The minimum atomic E-state index is -0.266. The molecule has 2 rings (SSSR count). The van der Waals surface area contributed by atoms with Crippen LogP contribution in [0.3, 0.4) is 0 Å². The van der Waals surface area contributed by atoms with Crippen LogP contribution in [0.5, 0.6) is 23.0 Å². The Morgan fingerprint density at radius 2 is 1.26 bits per heavy atom. The average Bonchev–Trinajstić information content (AvgIpc) is 2.60. The minimum absolute atomic E-state index is 0.266. The molecule has 0 fully saturated rings. The number of amides is 1. The lowest BCUT2D eigenvalue weighted by atomic mass is 10.1. The molecule has 0 aliphatic rings. The van der Waals surface area contributed by atoms with Crippen molar-refractivity contribution in [2.45, 2.75) is 0 Å². The van der Waals surface area contributed by atoms with Gasteiger partial charge in [-0.3, -0.25) is 4.79 Å². The first kappa shape index (κ1) is 16.5. The van der Waals surface area contributed by atoms with Gasteiger partial charge in [-0.05, 0) is 30.3 Å². The molecule has 2 aromatic carbocycles. The molecule has 0 bridgehead atoms. The Morgan fingerprint density at radius 1 is 0.739 bits per heavy atom. The predicted octanol–water partition coefficient (Wildman–Crippen LogP) is 2.97. The molecule has 0 aliphatic carbocycles. The largest absolute Gasteiger partial charge is 0.493 e. The van der Waals surface area contributed by atoms with Crippen molar-refractivity contribution in [2.75, 3.05) is 33.8 Å². The van der Waals surface area contributed by atoms with Crippen LogP contribution in [0.1, 0.15) is 10.4 Å². The van der Waals surface area contributed by atoms with Crippen molar-refractivity contribution in [3.05, 3.63) is 42.0 Å². The molecule has 122 valence electrons. The van der Waals surface area contributed by atoms with Crippen LogP contribution in [0.2, 0.25) is 0 Å². The number of hydrogen-bond donors (Lipinski definition) is 1. The fourth-order valence-corrected chi connectivity index (χ4v) is 2.09. The van der Waals surface area contributed by atoms with Crippen LogP contribution >= 0.6 is 0 Å². The summed E-state index contributed by atoms with van der Waals surface area (Å²) in [6.07, 6.45) is 0.